The summed E-state index contributed by atoms with van der Waals surface area (Å²) in [6.45, 7) is 0.333. The topological polar surface area (TPSA) is 74.4 Å². The number of nitrogens with zero attached hydrogens (tertiary/aromatic N) is 1. The molecule has 3 aromatic carbocycles. The molecule has 1 unspecified atom stereocenters. The van der Waals surface area contributed by atoms with E-state index in [1.807, 2.05) is 66.7 Å². The van der Waals surface area contributed by atoms with E-state index in [9.17, 15) is 9.59 Å². The first-order valence-electron chi connectivity index (χ1n) is 11.1. The third kappa shape index (κ3) is 2.94. The van der Waals surface area contributed by atoms with Crippen molar-refractivity contribution in [1.29, 1.82) is 0 Å². The van der Waals surface area contributed by atoms with E-state index in [-0.39, 0.29) is 17.9 Å². The molecule has 3 heterocycles. The Kier molecular flexibility index (Phi) is 4.47. The molecule has 164 valence electrons. The fourth-order valence-corrected chi connectivity index (χ4v) is 5.29. The van der Waals surface area contributed by atoms with Crippen LogP contribution in [0.3, 0.4) is 0 Å². The molecular weight excluding hydrogens is 414 g/mol. The van der Waals surface area contributed by atoms with Gasteiger partial charge in [0.15, 0.2) is 0 Å². The van der Waals surface area contributed by atoms with E-state index in [1.54, 1.807) is 12.0 Å². The van der Waals surface area contributed by atoms with Crippen LogP contribution in [-0.4, -0.2) is 34.8 Å². The molecule has 6 heteroatoms. The molecule has 33 heavy (non-hydrogen) atoms. The van der Waals surface area contributed by atoms with Crippen LogP contribution in [0.1, 0.15) is 38.8 Å². The lowest BCUT2D eigenvalue weighted by atomic mass is 9.90. The number of H-pyrrole nitrogens is 1. The van der Waals surface area contributed by atoms with Gasteiger partial charge in [0.05, 0.1) is 13.2 Å². The molecule has 0 fully saturated rings. The molecule has 0 spiro atoms. The molecule has 2 N–H and O–H groups in total. The summed E-state index contributed by atoms with van der Waals surface area (Å²) in [6.07, 6.45) is 0.466. The second kappa shape index (κ2) is 7.52. The van der Waals surface area contributed by atoms with Gasteiger partial charge in [-0.1, -0.05) is 54.6 Å². The second-order valence-electron chi connectivity index (χ2n) is 8.51. The molecule has 2 atom stereocenters. The molecule has 0 radical (unpaired) electrons. The highest BCUT2D eigenvalue weighted by Gasteiger charge is 2.48. The largest absolute Gasteiger partial charge is 0.496 e. The van der Waals surface area contributed by atoms with Crippen LogP contribution < -0.4 is 10.1 Å². The van der Waals surface area contributed by atoms with Crippen molar-refractivity contribution >= 4 is 22.7 Å². The minimum Gasteiger partial charge on any atom is -0.496 e. The average Bonchev–Trinajstić information content (AvgIpc) is 3.38. The Labute approximate surface area is 191 Å². The summed E-state index contributed by atoms with van der Waals surface area (Å²) >= 11 is 0. The Morgan fingerprint density at radius 2 is 1.82 bits per heavy atom. The van der Waals surface area contributed by atoms with Crippen molar-refractivity contribution in [3.05, 3.63) is 101 Å². The van der Waals surface area contributed by atoms with Crippen LogP contribution in [0.25, 0.3) is 10.9 Å². The lowest BCUT2D eigenvalue weighted by Crippen LogP contribution is -2.52. The molecule has 0 saturated heterocycles. The summed E-state index contributed by atoms with van der Waals surface area (Å²) in [5, 5.41) is 4.15. The summed E-state index contributed by atoms with van der Waals surface area (Å²) in [5.41, 5.74) is 5.63. The number of hydrogen-bond acceptors (Lipinski definition) is 3. The standard InChI is InChI=1S/C27H23N3O3/c1-33-23-13-7-2-8-16(23)15-28-26(31)22-14-20-17-9-5-6-12-21(17)29-24(20)25-18-10-3-4-11-19(18)27(32)30(22)25/h2-13,22,25,29H,14-15H2,1H3,(H,28,31)/t22-,25?/m0/s1. The molecular formula is C27H23N3O3. The highest BCUT2D eigenvalue weighted by molar-refractivity contribution is 6.03. The number of fused-ring (bicyclic) bond motifs is 7. The molecule has 6 rings (SSSR count). The minimum atomic E-state index is -0.601. The zero-order chi connectivity index (χ0) is 22.5. The van der Waals surface area contributed by atoms with E-state index >= 15 is 0 Å². The van der Waals surface area contributed by atoms with Gasteiger partial charge in [-0.05, 0) is 29.3 Å². The highest BCUT2D eigenvalue weighted by atomic mass is 16.5. The van der Waals surface area contributed by atoms with Crippen molar-refractivity contribution in [3.63, 3.8) is 0 Å². The molecule has 2 aliphatic heterocycles. The zero-order valence-corrected chi connectivity index (χ0v) is 18.2. The molecule has 4 aromatic rings. The van der Waals surface area contributed by atoms with Crippen LogP contribution in [0.15, 0.2) is 72.8 Å². The summed E-state index contributed by atoms with van der Waals surface area (Å²) in [7, 11) is 1.62. The van der Waals surface area contributed by atoms with Crippen LogP contribution >= 0.6 is 0 Å². The lowest BCUT2D eigenvalue weighted by molar-refractivity contribution is -0.126. The van der Waals surface area contributed by atoms with E-state index in [2.05, 4.69) is 16.4 Å². The van der Waals surface area contributed by atoms with Crippen molar-refractivity contribution in [2.45, 2.75) is 25.0 Å². The van der Waals surface area contributed by atoms with Gasteiger partial charge in [-0.15, -0.1) is 0 Å². The van der Waals surface area contributed by atoms with Crippen LogP contribution in [0, 0.1) is 0 Å². The van der Waals surface area contributed by atoms with E-state index in [1.165, 1.54) is 0 Å². The second-order valence-corrected chi connectivity index (χ2v) is 8.51. The summed E-state index contributed by atoms with van der Waals surface area (Å²) in [6, 6.07) is 22.5. The van der Waals surface area contributed by atoms with Gasteiger partial charge in [0.25, 0.3) is 5.91 Å². The van der Waals surface area contributed by atoms with Gasteiger partial charge in [0, 0.05) is 40.7 Å². The molecule has 0 saturated carbocycles. The smallest absolute Gasteiger partial charge is 0.255 e. The number of hydrogen-bond donors (Lipinski definition) is 2. The maximum atomic E-state index is 13.5. The van der Waals surface area contributed by atoms with E-state index in [4.69, 9.17) is 4.74 Å². The predicted molar refractivity (Wildman–Crippen MR) is 125 cm³/mol. The Morgan fingerprint density at radius 1 is 1.06 bits per heavy atom. The number of para-hydroxylation sites is 2. The monoisotopic (exact) mass is 437 g/mol. The van der Waals surface area contributed by atoms with Crippen LogP contribution in [0.5, 0.6) is 5.75 Å². The van der Waals surface area contributed by atoms with E-state index < -0.39 is 6.04 Å². The van der Waals surface area contributed by atoms with Gasteiger partial charge in [0.1, 0.15) is 11.8 Å². The molecule has 6 nitrogen and oxygen atoms in total. The Bertz CT molecular complexity index is 1410. The number of carbonyl (C=O) groups excluding carboxylic acids is 2. The first-order chi connectivity index (χ1) is 16.2. The van der Waals surface area contributed by atoms with Crippen LogP contribution in [0.4, 0.5) is 0 Å². The number of benzene rings is 3. The summed E-state index contributed by atoms with van der Waals surface area (Å²) in [4.78, 5) is 32.3. The quantitative estimate of drug-likeness (QED) is 0.508. The fourth-order valence-electron chi connectivity index (χ4n) is 5.29. The van der Waals surface area contributed by atoms with Crippen LogP contribution in [0.2, 0.25) is 0 Å². The van der Waals surface area contributed by atoms with Gasteiger partial charge < -0.3 is 19.9 Å². The highest BCUT2D eigenvalue weighted by Crippen LogP contribution is 2.46. The van der Waals surface area contributed by atoms with Crippen molar-refractivity contribution in [3.8, 4) is 5.75 Å². The SMILES string of the molecule is COc1ccccc1CNC(=O)[C@@H]1Cc2c([nH]c3ccccc23)C2c3ccccc3C(=O)N21. The number of carbonyl (C=O) groups is 2. The van der Waals surface area contributed by atoms with E-state index in [0.29, 0.717) is 18.5 Å². The number of aromatic nitrogens is 1. The minimum absolute atomic E-state index is 0.0997. The summed E-state index contributed by atoms with van der Waals surface area (Å²) in [5.74, 6) is 0.461. The van der Waals surface area contributed by atoms with Gasteiger partial charge >= 0.3 is 0 Å². The Balaban J connectivity index is 1.40. The third-order valence-electron chi connectivity index (χ3n) is 6.80. The Hall–Kier alpha value is -4.06. The maximum absolute atomic E-state index is 13.5. The number of methoxy groups -OCH3 is 1. The number of aromatic amines is 1. The van der Waals surface area contributed by atoms with Gasteiger partial charge in [-0.2, -0.15) is 0 Å². The van der Waals surface area contributed by atoms with E-state index in [0.717, 1.165) is 39.0 Å². The van der Waals surface area contributed by atoms with Crippen molar-refractivity contribution in [2.75, 3.05) is 7.11 Å². The molecule has 0 bridgehead atoms. The van der Waals surface area contributed by atoms with Crippen LogP contribution in [-0.2, 0) is 17.8 Å². The lowest BCUT2D eigenvalue weighted by Gasteiger charge is -2.37. The fraction of sp³-hybridized carbons (Fsp3) is 0.185. The first kappa shape index (κ1) is 19.6. The summed E-state index contributed by atoms with van der Waals surface area (Å²) < 4.78 is 5.42. The Morgan fingerprint density at radius 3 is 2.70 bits per heavy atom. The van der Waals surface area contributed by atoms with Gasteiger partial charge in [-0.25, -0.2) is 0 Å². The molecule has 2 aliphatic rings. The number of amides is 2. The van der Waals surface area contributed by atoms with Gasteiger partial charge in [0.2, 0.25) is 5.91 Å². The van der Waals surface area contributed by atoms with Crippen molar-refractivity contribution in [2.24, 2.45) is 0 Å². The third-order valence-corrected chi connectivity index (χ3v) is 6.80. The van der Waals surface area contributed by atoms with Crippen molar-refractivity contribution in [1.82, 2.24) is 15.2 Å². The maximum Gasteiger partial charge on any atom is 0.255 e. The number of nitrogens with one attached hydrogen (secondary N) is 2. The van der Waals surface area contributed by atoms with Crippen molar-refractivity contribution < 1.29 is 14.3 Å². The number of ether oxygens (including phenoxy) is 1. The van der Waals surface area contributed by atoms with Gasteiger partial charge in [-0.3, -0.25) is 9.59 Å². The molecule has 2 amide bonds. The average molecular weight is 437 g/mol. The normalized spacial score (nSPS) is 18.6. The molecule has 0 aliphatic carbocycles. The first-order valence-corrected chi connectivity index (χ1v) is 11.1. The predicted octanol–water partition coefficient (Wildman–Crippen LogP) is 3.96. The molecule has 1 aromatic heterocycles. The zero-order valence-electron chi connectivity index (χ0n) is 18.2. The number of rotatable bonds is 4.